The Morgan fingerprint density at radius 3 is 2.61 bits per heavy atom. The molecular formula is C16H22N2. The van der Waals surface area contributed by atoms with Crippen LogP contribution in [-0.2, 0) is 6.54 Å². The first kappa shape index (κ1) is 12.9. The molecule has 2 N–H and O–H groups in total. The molecule has 1 aromatic heterocycles. The van der Waals surface area contributed by atoms with Gasteiger partial charge in [-0.05, 0) is 24.1 Å². The highest BCUT2D eigenvalue weighted by atomic mass is 14.9. The van der Waals surface area contributed by atoms with E-state index < -0.39 is 0 Å². The maximum absolute atomic E-state index is 3.64. The van der Waals surface area contributed by atoms with Gasteiger partial charge in [-0.3, -0.25) is 0 Å². The van der Waals surface area contributed by atoms with Crippen LogP contribution >= 0.6 is 0 Å². The summed E-state index contributed by atoms with van der Waals surface area (Å²) in [6.07, 6.45) is 5.68. The van der Waals surface area contributed by atoms with E-state index in [4.69, 9.17) is 0 Å². The zero-order valence-electron chi connectivity index (χ0n) is 11.0. The van der Waals surface area contributed by atoms with E-state index in [-0.39, 0.29) is 0 Å². The molecule has 0 aliphatic heterocycles. The fraction of sp³-hybridized carbons (Fsp3) is 0.375. The molecule has 2 rings (SSSR count). The summed E-state index contributed by atoms with van der Waals surface area (Å²) < 4.78 is 0. The van der Waals surface area contributed by atoms with E-state index in [9.17, 15) is 0 Å². The Bertz CT molecular complexity index is 420. The summed E-state index contributed by atoms with van der Waals surface area (Å²) in [7, 11) is 0. The normalized spacial score (nSPS) is 12.5. The molecule has 0 aliphatic carbocycles. The van der Waals surface area contributed by atoms with Gasteiger partial charge in [-0.2, -0.15) is 0 Å². The number of rotatable bonds is 7. The van der Waals surface area contributed by atoms with Crippen molar-refractivity contribution < 1.29 is 0 Å². The Labute approximate surface area is 109 Å². The van der Waals surface area contributed by atoms with E-state index in [2.05, 4.69) is 59.7 Å². The molecule has 2 nitrogen and oxygen atoms in total. The molecule has 18 heavy (non-hydrogen) atoms. The molecule has 2 aromatic rings. The number of H-pyrrole nitrogens is 1. The van der Waals surface area contributed by atoms with Gasteiger partial charge in [0.25, 0.3) is 0 Å². The molecule has 96 valence electrons. The SMILES string of the molecule is CCCC[C@H](NCc1ccccc1)c1ccc[nH]1. The maximum Gasteiger partial charge on any atom is 0.0475 e. The van der Waals surface area contributed by atoms with Crippen LogP contribution in [-0.4, -0.2) is 4.98 Å². The van der Waals surface area contributed by atoms with Crippen LogP contribution in [0, 0.1) is 0 Å². The van der Waals surface area contributed by atoms with Gasteiger partial charge in [0, 0.05) is 24.5 Å². The lowest BCUT2D eigenvalue weighted by Gasteiger charge is -2.17. The van der Waals surface area contributed by atoms with Gasteiger partial charge in [0.05, 0.1) is 0 Å². The van der Waals surface area contributed by atoms with Gasteiger partial charge in [0.2, 0.25) is 0 Å². The van der Waals surface area contributed by atoms with E-state index in [1.54, 1.807) is 0 Å². The van der Waals surface area contributed by atoms with Crippen molar-refractivity contribution in [1.82, 2.24) is 10.3 Å². The fourth-order valence-corrected chi connectivity index (χ4v) is 2.17. The molecule has 2 heteroatoms. The van der Waals surface area contributed by atoms with E-state index in [1.807, 2.05) is 6.20 Å². The first-order valence-electron chi connectivity index (χ1n) is 6.80. The van der Waals surface area contributed by atoms with Crippen molar-refractivity contribution in [2.75, 3.05) is 0 Å². The lowest BCUT2D eigenvalue weighted by Crippen LogP contribution is -2.21. The quantitative estimate of drug-likeness (QED) is 0.753. The predicted molar refractivity (Wildman–Crippen MR) is 76.3 cm³/mol. The summed E-state index contributed by atoms with van der Waals surface area (Å²) in [5, 5.41) is 3.64. The summed E-state index contributed by atoms with van der Waals surface area (Å²) in [5.74, 6) is 0. The van der Waals surface area contributed by atoms with Crippen LogP contribution in [0.25, 0.3) is 0 Å². The zero-order valence-corrected chi connectivity index (χ0v) is 11.0. The molecule has 0 radical (unpaired) electrons. The highest BCUT2D eigenvalue weighted by Crippen LogP contribution is 2.18. The summed E-state index contributed by atoms with van der Waals surface area (Å²) >= 11 is 0. The van der Waals surface area contributed by atoms with Crippen LogP contribution in [0.15, 0.2) is 48.7 Å². The van der Waals surface area contributed by atoms with Gasteiger partial charge in [0.15, 0.2) is 0 Å². The van der Waals surface area contributed by atoms with Gasteiger partial charge in [-0.15, -0.1) is 0 Å². The van der Waals surface area contributed by atoms with Crippen molar-refractivity contribution in [2.45, 2.75) is 38.8 Å². The molecule has 0 amide bonds. The van der Waals surface area contributed by atoms with Crippen molar-refractivity contribution >= 4 is 0 Å². The number of benzene rings is 1. The van der Waals surface area contributed by atoms with Gasteiger partial charge in [0.1, 0.15) is 0 Å². The average molecular weight is 242 g/mol. The minimum Gasteiger partial charge on any atom is -0.364 e. The lowest BCUT2D eigenvalue weighted by molar-refractivity contribution is 0.472. The molecule has 1 heterocycles. The van der Waals surface area contributed by atoms with Gasteiger partial charge < -0.3 is 10.3 Å². The highest BCUT2D eigenvalue weighted by Gasteiger charge is 2.10. The third kappa shape index (κ3) is 3.74. The van der Waals surface area contributed by atoms with E-state index in [0.29, 0.717) is 6.04 Å². The van der Waals surface area contributed by atoms with Crippen LogP contribution in [0.2, 0.25) is 0 Å². The molecule has 0 bridgehead atoms. The second-order valence-corrected chi connectivity index (χ2v) is 4.69. The number of hydrogen-bond donors (Lipinski definition) is 2. The second kappa shape index (κ2) is 7.02. The van der Waals surface area contributed by atoms with Crippen LogP contribution in [0.3, 0.4) is 0 Å². The summed E-state index contributed by atoms with van der Waals surface area (Å²) in [6, 6.07) is 15.2. The monoisotopic (exact) mass is 242 g/mol. The predicted octanol–water partition coefficient (Wildman–Crippen LogP) is 4.04. The second-order valence-electron chi connectivity index (χ2n) is 4.69. The third-order valence-corrected chi connectivity index (χ3v) is 3.24. The van der Waals surface area contributed by atoms with Crippen molar-refractivity contribution in [3.63, 3.8) is 0 Å². The third-order valence-electron chi connectivity index (χ3n) is 3.24. The number of unbranched alkanes of at least 4 members (excludes halogenated alkanes) is 1. The molecule has 0 fully saturated rings. The Morgan fingerprint density at radius 1 is 1.11 bits per heavy atom. The minimum absolute atomic E-state index is 0.431. The standard InChI is InChI=1S/C16H22N2/c1-2-3-10-16(15-11-7-12-17-15)18-13-14-8-5-4-6-9-14/h4-9,11-12,16-18H,2-3,10,13H2,1H3/t16-/m0/s1. The first-order chi connectivity index (χ1) is 8.90. The number of hydrogen-bond acceptors (Lipinski definition) is 1. The Hall–Kier alpha value is -1.54. The summed E-state index contributed by atoms with van der Waals surface area (Å²) in [5.41, 5.74) is 2.63. The largest absolute Gasteiger partial charge is 0.364 e. The Morgan fingerprint density at radius 2 is 1.94 bits per heavy atom. The molecule has 0 saturated carbocycles. The maximum atomic E-state index is 3.64. The molecule has 0 saturated heterocycles. The first-order valence-corrected chi connectivity index (χ1v) is 6.80. The smallest absolute Gasteiger partial charge is 0.0475 e. The molecule has 0 unspecified atom stereocenters. The van der Waals surface area contributed by atoms with Crippen molar-refractivity contribution in [3.8, 4) is 0 Å². The Kier molecular flexibility index (Phi) is 5.03. The summed E-state index contributed by atoms with van der Waals surface area (Å²) in [4.78, 5) is 3.32. The van der Waals surface area contributed by atoms with Crippen molar-refractivity contribution in [2.24, 2.45) is 0 Å². The van der Waals surface area contributed by atoms with E-state index in [1.165, 1.54) is 30.5 Å². The fourth-order valence-electron chi connectivity index (χ4n) is 2.17. The lowest BCUT2D eigenvalue weighted by atomic mass is 10.1. The molecule has 1 aromatic carbocycles. The molecule has 0 aliphatic rings. The summed E-state index contributed by atoms with van der Waals surface area (Å²) in [6.45, 7) is 3.16. The van der Waals surface area contributed by atoms with Crippen LogP contribution in [0.1, 0.15) is 43.5 Å². The molecule has 1 atom stereocenters. The number of aromatic nitrogens is 1. The van der Waals surface area contributed by atoms with E-state index >= 15 is 0 Å². The van der Waals surface area contributed by atoms with Crippen LogP contribution < -0.4 is 5.32 Å². The Balaban J connectivity index is 1.93. The molecular weight excluding hydrogens is 220 g/mol. The van der Waals surface area contributed by atoms with Crippen LogP contribution in [0.5, 0.6) is 0 Å². The molecule has 0 spiro atoms. The number of nitrogens with one attached hydrogen (secondary N) is 2. The number of aromatic amines is 1. The van der Waals surface area contributed by atoms with E-state index in [0.717, 1.165) is 6.54 Å². The minimum atomic E-state index is 0.431. The highest BCUT2D eigenvalue weighted by molar-refractivity contribution is 5.15. The van der Waals surface area contributed by atoms with Gasteiger partial charge >= 0.3 is 0 Å². The topological polar surface area (TPSA) is 27.8 Å². The van der Waals surface area contributed by atoms with Crippen molar-refractivity contribution in [3.05, 3.63) is 59.9 Å². The van der Waals surface area contributed by atoms with Crippen LogP contribution in [0.4, 0.5) is 0 Å². The average Bonchev–Trinajstić information content (AvgIpc) is 2.94. The van der Waals surface area contributed by atoms with Gasteiger partial charge in [-0.25, -0.2) is 0 Å². The zero-order chi connectivity index (χ0) is 12.6. The van der Waals surface area contributed by atoms with Gasteiger partial charge in [-0.1, -0.05) is 50.1 Å². The van der Waals surface area contributed by atoms with Crippen molar-refractivity contribution in [1.29, 1.82) is 0 Å².